The summed E-state index contributed by atoms with van der Waals surface area (Å²) in [7, 11) is 0. The summed E-state index contributed by atoms with van der Waals surface area (Å²) in [6.07, 6.45) is 10.8. The second kappa shape index (κ2) is 5.89. The SMILES string of the molecule is CC1CCC([C@@H](C)C2CCC(C#N)CC2)CC1. The molecule has 1 heteroatoms. The molecule has 0 amide bonds. The molecule has 0 aromatic rings. The maximum atomic E-state index is 8.94. The van der Waals surface area contributed by atoms with E-state index in [2.05, 4.69) is 19.9 Å². The van der Waals surface area contributed by atoms with E-state index < -0.39 is 0 Å². The molecule has 0 N–H and O–H groups in total. The minimum Gasteiger partial charge on any atom is -0.198 e. The zero-order valence-corrected chi connectivity index (χ0v) is 11.5. The van der Waals surface area contributed by atoms with Crippen LogP contribution >= 0.6 is 0 Å². The number of nitrogens with zero attached hydrogens (tertiary/aromatic N) is 1. The Balaban J connectivity index is 1.80. The Bertz CT molecular complexity index is 262. The lowest BCUT2D eigenvalue weighted by molar-refractivity contribution is 0.135. The molecule has 0 saturated heterocycles. The highest BCUT2D eigenvalue weighted by molar-refractivity contribution is 4.89. The average Bonchev–Trinajstić information content (AvgIpc) is 2.39. The van der Waals surface area contributed by atoms with Crippen molar-refractivity contribution < 1.29 is 0 Å². The summed E-state index contributed by atoms with van der Waals surface area (Å²) >= 11 is 0. The minimum absolute atomic E-state index is 0.366. The van der Waals surface area contributed by atoms with E-state index in [1.54, 1.807) is 0 Å². The van der Waals surface area contributed by atoms with Gasteiger partial charge in [-0.05, 0) is 62.2 Å². The Labute approximate surface area is 107 Å². The molecule has 0 spiro atoms. The van der Waals surface area contributed by atoms with Crippen LogP contribution in [0.5, 0.6) is 0 Å². The first-order valence-corrected chi connectivity index (χ1v) is 7.60. The topological polar surface area (TPSA) is 23.8 Å². The van der Waals surface area contributed by atoms with Crippen molar-refractivity contribution in [1.82, 2.24) is 0 Å². The summed E-state index contributed by atoms with van der Waals surface area (Å²) in [6, 6.07) is 2.45. The van der Waals surface area contributed by atoms with Crippen molar-refractivity contribution in [3.8, 4) is 6.07 Å². The fourth-order valence-corrected chi connectivity index (χ4v) is 3.97. The molecule has 96 valence electrons. The molecule has 2 fully saturated rings. The lowest BCUT2D eigenvalue weighted by Crippen LogP contribution is -2.27. The van der Waals surface area contributed by atoms with Crippen molar-refractivity contribution in [3.05, 3.63) is 0 Å². The molecule has 17 heavy (non-hydrogen) atoms. The van der Waals surface area contributed by atoms with Gasteiger partial charge in [-0.2, -0.15) is 5.26 Å². The lowest BCUT2D eigenvalue weighted by atomic mass is 9.68. The third kappa shape index (κ3) is 3.24. The first-order valence-electron chi connectivity index (χ1n) is 7.60. The van der Waals surface area contributed by atoms with Gasteiger partial charge in [-0.25, -0.2) is 0 Å². The second-order valence-electron chi connectivity index (χ2n) is 6.62. The number of rotatable bonds is 2. The van der Waals surface area contributed by atoms with Crippen molar-refractivity contribution in [2.24, 2.45) is 29.6 Å². The molecule has 1 nitrogen and oxygen atoms in total. The van der Waals surface area contributed by atoms with Crippen molar-refractivity contribution >= 4 is 0 Å². The summed E-state index contributed by atoms with van der Waals surface area (Å²) in [4.78, 5) is 0. The lowest BCUT2D eigenvalue weighted by Gasteiger charge is -2.37. The van der Waals surface area contributed by atoms with E-state index in [0.717, 1.165) is 36.5 Å². The molecular weight excluding hydrogens is 206 g/mol. The van der Waals surface area contributed by atoms with Crippen molar-refractivity contribution in [2.45, 2.75) is 65.2 Å². The van der Waals surface area contributed by atoms with E-state index in [4.69, 9.17) is 5.26 Å². The van der Waals surface area contributed by atoms with Gasteiger partial charge < -0.3 is 0 Å². The van der Waals surface area contributed by atoms with Crippen molar-refractivity contribution in [1.29, 1.82) is 5.26 Å². The second-order valence-corrected chi connectivity index (χ2v) is 6.62. The zero-order valence-electron chi connectivity index (χ0n) is 11.5. The number of hydrogen-bond acceptors (Lipinski definition) is 1. The van der Waals surface area contributed by atoms with Gasteiger partial charge >= 0.3 is 0 Å². The largest absolute Gasteiger partial charge is 0.198 e. The molecule has 0 unspecified atom stereocenters. The van der Waals surface area contributed by atoms with Gasteiger partial charge in [0.1, 0.15) is 0 Å². The van der Waals surface area contributed by atoms with Crippen LogP contribution in [-0.2, 0) is 0 Å². The Morgan fingerprint density at radius 1 is 0.882 bits per heavy atom. The van der Waals surface area contributed by atoms with Crippen LogP contribution in [0.25, 0.3) is 0 Å². The Hall–Kier alpha value is -0.510. The molecule has 0 radical (unpaired) electrons. The predicted octanol–water partition coefficient (Wildman–Crippen LogP) is 4.78. The third-order valence-corrected chi connectivity index (χ3v) is 5.50. The van der Waals surface area contributed by atoms with E-state index in [9.17, 15) is 0 Å². The van der Waals surface area contributed by atoms with Gasteiger partial charge in [-0.3, -0.25) is 0 Å². The quantitative estimate of drug-likeness (QED) is 0.673. The molecular formula is C16H27N. The van der Waals surface area contributed by atoms with Crippen LogP contribution in [0.1, 0.15) is 65.2 Å². The van der Waals surface area contributed by atoms with Gasteiger partial charge in [0.05, 0.1) is 6.07 Å². The highest BCUT2D eigenvalue weighted by Gasteiger charge is 2.31. The van der Waals surface area contributed by atoms with Crippen LogP contribution in [0.15, 0.2) is 0 Å². The molecule has 2 saturated carbocycles. The van der Waals surface area contributed by atoms with E-state index in [1.165, 1.54) is 38.5 Å². The normalized spacial score (nSPS) is 40.5. The summed E-state index contributed by atoms with van der Waals surface area (Å²) in [5.41, 5.74) is 0. The van der Waals surface area contributed by atoms with E-state index >= 15 is 0 Å². The number of nitriles is 1. The van der Waals surface area contributed by atoms with Crippen LogP contribution in [0.4, 0.5) is 0 Å². The van der Waals surface area contributed by atoms with Crippen LogP contribution in [0.2, 0.25) is 0 Å². The molecule has 2 aliphatic carbocycles. The summed E-state index contributed by atoms with van der Waals surface area (Å²) in [6.45, 7) is 4.89. The maximum Gasteiger partial charge on any atom is 0.0655 e. The molecule has 0 heterocycles. The van der Waals surface area contributed by atoms with Gasteiger partial charge in [0, 0.05) is 5.92 Å². The first kappa shape index (κ1) is 12.9. The van der Waals surface area contributed by atoms with Crippen LogP contribution in [-0.4, -0.2) is 0 Å². The maximum absolute atomic E-state index is 8.94. The molecule has 1 atom stereocenters. The Morgan fingerprint density at radius 3 is 1.82 bits per heavy atom. The van der Waals surface area contributed by atoms with E-state index in [1.807, 2.05) is 0 Å². The van der Waals surface area contributed by atoms with Crippen LogP contribution in [0.3, 0.4) is 0 Å². The zero-order chi connectivity index (χ0) is 12.3. The minimum atomic E-state index is 0.366. The van der Waals surface area contributed by atoms with E-state index in [0.29, 0.717) is 5.92 Å². The Morgan fingerprint density at radius 2 is 1.35 bits per heavy atom. The van der Waals surface area contributed by atoms with Gasteiger partial charge in [0.15, 0.2) is 0 Å². The highest BCUT2D eigenvalue weighted by atomic mass is 14.4. The number of hydrogen-bond donors (Lipinski definition) is 0. The summed E-state index contributed by atoms with van der Waals surface area (Å²) in [5, 5.41) is 8.94. The summed E-state index contributed by atoms with van der Waals surface area (Å²) in [5.74, 6) is 4.13. The first-order chi connectivity index (χ1) is 8.20. The van der Waals surface area contributed by atoms with Crippen LogP contribution < -0.4 is 0 Å². The average molecular weight is 233 g/mol. The molecule has 0 aromatic carbocycles. The van der Waals surface area contributed by atoms with Gasteiger partial charge in [0.2, 0.25) is 0 Å². The molecule has 0 aliphatic heterocycles. The Kier molecular flexibility index (Phi) is 4.48. The van der Waals surface area contributed by atoms with Gasteiger partial charge in [-0.1, -0.05) is 26.7 Å². The summed E-state index contributed by atoms with van der Waals surface area (Å²) < 4.78 is 0. The van der Waals surface area contributed by atoms with Crippen LogP contribution in [0, 0.1) is 40.9 Å². The standard InChI is InChI=1S/C16H27N/c1-12-3-7-15(8-4-12)13(2)16-9-5-14(11-17)6-10-16/h12-16H,3-10H2,1-2H3/t12?,13-,14?,15?,16?/m1/s1. The van der Waals surface area contributed by atoms with Gasteiger partial charge in [-0.15, -0.1) is 0 Å². The molecule has 0 bridgehead atoms. The predicted molar refractivity (Wildman–Crippen MR) is 71.3 cm³/mol. The highest BCUT2D eigenvalue weighted by Crippen LogP contribution is 2.41. The third-order valence-electron chi connectivity index (χ3n) is 5.50. The fourth-order valence-electron chi connectivity index (χ4n) is 3.97. The molecule has 0 aromatic heterocycles. The van der Waals surface area contributed by atoms with Crippen molar-refractivity contribution in [2.75, 3.05) is 0 Å². The fraction of sp³-hybridized carbons (Fsp3) is 0.938. The monoisotopic (exact) mass is 233 g/mol. The van der Waals surface area contributed by atoms with E-state index in [-0.39, 0.29) is 0 Å². The molecule has 2 rings (SSSR count). The smallest absolute Gasteiger partial charge is 0.0655 e. The van der Waals surface area contributed by atoms with Crippen molar-refractivity contribution in [3.63, 3.8) is 0 Å². The van der Waals surface area contributed by atoms with Gasteiger partial charge in [0.25, 0.3) is 0 Å². The molecule has 2 aliphatic rings.